The highest BCUT2D eigenvalue weighted by Crippen LogP contribution is 2.31. The van der Waals surface area contributed by atoms with Crippen LogP contribution in [-0.4, -0.2) is 34.3 Å². The van der Waals surface area contributed by atoms with E-state index in [1.807, 2.05) is 18.2 Å². The Morgan fingerprint density at radius 3 is 2.89 bits per heavy atom. The lowest BCUT2D eigenvalue weighted by molar-refractivity contribution is -0.118. The van der Waals surface area contributed by atoms with E-state index >= 15 is 0 Å². The quantitative estimate of drug-likeness (QED) is 0.858. The van der Waals surface area contributed by atoms with Crippen LogP contribution in [0.25, 0.3) is 0 Å². The first-order valence-electron chi connectivity index (χ1n) is 6.39. The van der Waals surface area contributed by atoms with Crippen LogP contribution in [0.15, 0.2) is 18.2 Å². The molecule has 0 bridgehead atoms. The van der Waals surface area contributed by atoms with E-state index in [2.05, 4.69) is 10.6 Å². The highest BCUT2D eigenvalue weighted by atomic mass is 32.2. The summed E-state index contributed by atoms with van der Waals surface area (Å²) in [5.41, 5.74) is 1.67. The van der Waals surface area contributed by atoms with E-state index in [1.54, 1.807) is 0 Å². The van der Waals surface area contributed by atoms with Crippen molar-refractivity contribution in [1.29, 1.82) is 0 Å². The van der Waals surface area contributed by atoms with Gasteiger partial charge in [-0.25, -0.2) is 0 Å². The molecule has 1 aromatic rings. The zero-order valence-electron chi connectivity index (χ0n) is 10.5. The molecule has 1 amide bonds. The molecule has 0 spiro atoms. The Bertz CT molecular complexity index is 523. The minimum absolute atomic E-state index is 0.0776. The molecule has 0 aliphatic carbocycles. The molecule has 5 nitrogen and oxygen atoms in total. The summed E-state index contributed by atoms with van der Waals surface area (Å²) in [4.78, 5) is 11.3. The zero-order chi connectivity index (χ0) is 13.2. The van der Waals surface area contributed by atoms with Gasteiger partial charge in [0.05, 0.1) is 5.69 Å². The van der Waals surface area contributed by atoms with Crippen LogP contribution in [0.1, 0.15) is 12.8 Å². The third-order valence-electron chi connectivity index (χ3n) is 3.37. The van der Waals surface area contributed by atoms with Gasteiger partial charge in [-0.1, -0.05) is 0 Å². The van der Waals surface area contributed by atoms with Gasteiger partial charge in [0, 0.05) is 34.0 Å². The molecule has 1 saturated heterocycles. The molecule has 6 heteroatoms. The van der Waals surface area contributed by atoms with Crippen LogP contribution in [0.2, 0.25) is 0 Å². The van der Waals surface area contributed by atoms with Gasteiger partial charge in [-0.15, -0.1) is 0 Å². The molecule has 0 atom stereocenters. The first-order chi connectivity index (χ1) is 9.20. The van der Waals surface area contributed by atoms with Crippen LogP contribution >= 0.6 is 0 Å². The Morgan fingerprint density at radius 1 is 1.32 bits per heavy atom. The van der Waals surface area contributed by atoms with E-state index in [9.17, 15) is 9.00 Å². The van der Waals surface area contributed by atoms with Crippen molar-refractivity contribution in [2.24, 2.45) is 0 Å². The van der Waals surface area contributed by atoms with Gasteiger partial charge < -0.3 is 15.4 Å². The van der Waals surface area contributed by atoms with E-state index in [-0.39, 0.29) is 12.5 Å². The lowest BCUT2D eigenvalue weighted by Gasteiger charge is -2.25. The summed E-state index contributed by atoms with van der Waals surface area (Å²) < 4.78 is 16.6. The number of nitrogens with one attached hydrogen (secondary N) is 2. The number of hydrogen-bond donors (Lipinski definition) is 2. The van der Waals surface area contributed by atoms with Crippen LogP contribution in [0.4, 0.5) is 11.4 Å². The first-order valence-corrected chi connectivity index (χ1v) is 7.88. The Labute approximate surface area is 114 Å². The molecule has 102 valence electrons. The van der Waals surface area contributed by atoms with Crippen LogP contribution in [0.3, 0.4) is 0 Å². The van der Waals surface area contributed by atoms with E-state index in [0.717, 1.165) is 30.0 Å². The van der Waals surface area contributed by atoms with Crippen molar-refractivity contribution in [3.8, 4) is 5.75 Å². The second kappa shape index (κ2) is 5.21. The van der Waals surface area contributed by atoms with Crippen molar-refractivity contribution in [2.75, 3.05) is 28.7 Å². The number of anilines is 2. The van der Waals surface area contributed by atoms with E-state index in [1.165, 1.54) is 0 Å². The summed E-state index contributed by atoms with van der Waals surface area (Å²) in [7, 11) is -0.643. The van der Waals surface area contributed by atoms with E-state index in [0.29, 0.717) is 17.5 Å². The van der Waals surface area contributed by atoms with Gasteiger partial charge in [0.15, 0.2) is 6.61 Å². The van der Waals surface area contributed by atoms with Crippen molar-refractivity contribution < 1.29 is 13.7 Å². The maximum atomic E-state index is 11.3. The molecular formula is C13H16N2O3S. The molecule has 1 fully saturated rings. The lowest BCUT2D eigenvalue weighted by atomic mass is 10.1. The molecular weight excluding hydrogens is 264 g/mol. The van der Waals surface area contributed by atoms with Crippen LogP contribution in [0.5, 0.6) is 5.75 Å². The third kappa shape index (κ3) is 2.89. The number of rotatable bonds is 2. The predicted molar refractivity (Wildman–Crippen MR) is 75.1 cm³/mol. The Morgan fingerprint density at radius 2 is 2.11 bits per heavy atom. The van der Waals surface area contributed by atoms with Gasteiger partial charge in [-0.05, 0) is 31.0 Å². The number of carbonyl (C=O) groups excluding carboxylic acids is 1. The largest absolute Gasteiger partial charge is 0.482 e. The van der Waals surface area contributed by atoms with Gasteiger partial charge >= 0.3 is 0 Å². The molecule has 0 unspecified atom stereocenters. The fourth-order valence-corrected chi connectivity index (χ4v) is 3.65. The van der Waals surface area contributed by atoms with Crippen molar-refractivity contribution in [3.05, 3.63) is 18.2 Å². The van der Waals surface area contributed by atoms with Crippen molar-refractivity contribution >= 4 is 28.1 Å². The molecule has 0 aromatic heterocycles. The Kier molecular flexibility index (Phi) is 3.42. The number of ether oxygens (including phenoxy) is 1. The maximum absolute atomic E-state index is 11.3. The van der Waals surface area contributed by atoms with Gasteiger partial charge in [0.1, 0.15) is 5.75 Å². The summed E-state index contributed by atoms with van der Waals surface area (Å²) in [6.07, 6.45) is 1.85. The zero-order valence-corrected chi connectivity index (χ0v) is 11.3. The normalized spacial score (nSPS) is 26.0. The summed E-state index contributed by atoms with van der Waals surface area (Å²) in [5, 5.41) is 6.22. The smallest absolute Gasteiger partial charge is 0.262 e. The highest BCUT2D eigenvalue weighted by Gasteiger charge is 2.19. The molecule has 19 heavy (non-hydrogen) atoms. The minimum atomic E-state index is -0.643. The summed E-state index contributed by atoms with van der Waals surface area (Å²) >= 11 is 0. The molecule has 2 aliphatic heterocycles. The first kappa shape index (κ1) is 12.5. The third-order valence-corrected chi connectivity index (χ3v) is 4.75. The fourth-order valence-electron chi connectivity index (χ4n) is 2.35. The van der Waals surface area contributed by atoms with Crippen molar-refractivity contribution in [3.63, 3.8) is 0 Å². The fraction of sp³-hybridized carbons (Fsp3) is 0.462. The van der Waals surface area contributed by atoms with Crippen molar-refractivity contribution in [1.82, 2.24) is 0 Å². The van der Waals surface area contributed by atoms with Crippen molar-refractivity contribution in [2.45, 2.75) is 18.9 Å². The second-order valence-corrected chi connectivity index (χ2v) is 6.51. The summed E-state index contributed by atoms with van der Waals surface area (Å²) in [6.45, 7) is 0.0776. The number of fused-ring (bicyclic) bond motifs is 1. The van der Waals surface area contributed by atoms with Crippen LogP contribution in [0, 0.1) is 0 Å². The average Bonchev–Trinajstić information content (AvgIpc) is 2.41. The van der Waals surface area contributed by atoms with E-state index in [4.69, 9.17) is 4.74 Å². The molecule has 2 N–H and O–H groups in total. The number of hydrogen-bond acceptors (Lipinski definition) is 4. The maximum Gasteiger partial charge on any atom is 0.262 e. The second-order valence-electron chi connectivity index (χ2n) is 4.81. The SMILES string of the molecule is O=C1COc2ccc(NC3CCS(=O)CC3)cc2N1. The molecule has 3 rings (SSSR count). The molecule has 2 aliphatic rings. The van der Waals surface area contributed by atoms with Crippen LogP contribution < -0.4 is 15.4 Å². The van der Waals surface area contributed by atoms with Gasteiger partial charge in [0.2, 0.25) is 0 Å². The average molecular weight is 280 g/mol. The topological polar surface area (TPSA) is 67.4 Å². The predicted octanol–water partition coefficient (Wildman–Crippen LogP) is 1.34. The van der Waals surface area contributed by atoms with Gasteiger partial charge in [-0.2, -0.15) is 0 Å². The highest BCUT2D eigenvalue weighted by molar-refractivity contribution is 7.85. The summed E-state index contributed by atoms with van der Waals surface area (Å²) in [5.74, 6) is 2.11. The Balaban J connectivity index is 1.70. The van der Waals surface area contributed by atoms with Gasteiger partial charge in [0.25, 0.3) is 5.91 Å². The number of benzene rings is 1. The monoisotopic (exact) mass is 280 g/mol. The molecule has 0 saturated carbocycles. The van der Waals surface area contributed by atoms with E-state index < -0.39 is 10.8 Å². The van der Waals surface area contributed by atoms with Crippen LogP contribution in [-0.2, 0) is 15.6 Å². The Hall–Kier alpha value is -1.56. The number of carbonyl (C=O) groups is 1. The molecule has 0 radical (unpaired) electrons. The lowest BCUT2D eigenvalue weighted by Crippen LogP contribution is -2.29. The molecule has 2 heterocycles. The summed E-state index contributed by atoms with van der Waals surface area (Å²) in [6, 6.07) is 6.05. The molecule has 1 aromatic carbocycles. The van der Waals surface area contributed by atoms with Gasteiger partial charge in [-0.3, -0.25) is 9.00 Å². The standard InChI is InChI=1S/C13H16N2O3S/c16-13-8-18-12-2-1-10(7-11(12)15-13)14-9-3-5-19(17)6-4-9/h1-2,7,9,14H,3-6,8H2,(H,15,16). The minimum Gasteiger partial charge on any atom is -0.482 e. The number of amides is 1.